The Balaban J connectivity index is 1.71. The van der Waals surface area contributed by atoms with E-state index in [0.29, 0.717) is 12.8 Å². The van der Waals surface area contributed by atoms with Crippen molar-refractivity contribution in [2.45, 2.75) is 267 Å². The van der Waals surface area contributed by atoms with Gasteiger partial charge in [0.2, 0.25) is 5.91 Å². The Labute approximate surface area is 458 Å². The summed E-state index contributed by atoms with van der Waals surface area (Å²) in [7, 11) is 0. The van der Waals surface area contributed by atoms with Crippen LogP contribution in [0.2, 0.25) is 0 Å². The van der Waals surface area contributed by atoms with Gasteiger partial charge in [0.15, 0.2) is 12.6 Å². The van der Waals surface area contributed by atoms with Crippen LogP contribution in [0.5, 0.6) is 0 Å². The van der Waals surface area contributed by atoms with Gasteiger partial charge in [0.1, 0.15) is 48.8 Å². The zero-order valence-corrected chi connectivity index (χ0v) is 46.7. The molecule has 1 amide bonds. The van der Waals surface area contributed by atoms with Gasteiger partial charge in [-0.1, -0.05) is 195 Å². The van der Waals surface area contributed by atoms with Gasteiger partial charge in [-0.05, 0) is 89.9 Å². The first-order valence-corrected chi connectivity index (χ1v) is 29.5. The minimum absolute atomic E-state index is 0.260. The number of unbranched alkanes of at least 4 members (excludes halogenated alkanes) is 18. The van der Waals surface area contributed by atoms with Crippen molar-refractivity contribution in [1.29, 1.82) is 0 Å². The minimum atomic E-state index is -1.80. The lowest BCUT2D eigenvalue weighted by atomic mass is 9.97. The third kappa shape index (κ3) is 32.1. The first-order chi connectivity index (χ1) is 37.1. The molecule has 14 nitrogen and oxygen atoms in total. The molecule has 0 aromatic heterocycles. The molecule has 2 aliphatic heterocycles. The summed E-state index contributed by atoms with van der Waals surface area (Å²) in [6.45, 7) is 2.60. The normalized spacial score (nSPS) is 25.6. The molecule has 0 bridgehead atoms. The van der Waals surface area contributed by atoms with E-state index in [-0.39, 0.29) is 18.9 Å². The fourth-order valence-electron chi connectivity index (χ4n) is 9.00. The molecule has 2 heterocycles. The molecular weight excluding hydrogens is 967 g/mol. The van der Waals surface area contributed by atoms with Crippen LogP contribution in [-0.4, -0.2) is 140 Å². The Bertz CT molecular complexity index is 1640. The standard InChI is InChI=1S/C62H105NO13/c1-3-5-7-9-11-13-15-17-18-19-20-21-22-23-24-25-26-27-28-29-30-31-32-34-36-38-40-42-44-46-54(67)63-50(51(66)45-43-41-39-37-35-33-16-14-12-10-8-6-4-2)49-73-61-59(72)57(70)60(53(48-65)75-61)76-62-58(71)56(69)55(68)52(47-64)74-62/h5,7,11-14,17-18,20-21,23-24,35,37,43,45,50-53,55-62,64-66,68-72H,3-4,6,8-10,15-16,19,22,25-34,36,38-42,44,46-49H2,1-2H3,(H,63,67)/b7-5-,13-11-,14-12+,18-17-,21-20-,24-23-,37-35+,45-43+. The second-order valence-corrected chi connectivity index (χ2v) is 20.4. The lowest BCUT2D eigenvalue weighted by Gasteiger charge is -2.46. The third-order valence-corrected chi connectivity index (χ3v) is 13.7. The van der Waals surface area contributed by atoms with Gasteiger partial charge in [-0.3, -0.25) is 4.79 Å². The van der Waals surface area contributed by atoms with Gasteiger partial charge in [0, 0.05) is 6.42 Å². The molecule has 9 N–H and O–H groups in total. The van der Waals surface area contributed by atoms with Crippen LogP contribution in [0.3, 0.4) is 0 Å². The van der Waals surface area contributed by atoms with E-state index in [1.807, 2.05) is 6.08 Å². The molecule has 14 heteroatoms. The van der Waals surface area contributed by atoms with E-state index in [1.165, 1.54) is 77.0 Å². The van der Waals surface area contributed by atoms with Gasteiger partial charge in [0.05, 0.1) is 32.0 Å². The number of hydrogen-bond acceptors (Lipinski definition) is 13. The zero-order valence-electron chi connectivity index (χ0n) is 46.7. The summed E-state index contributed by atoms with van der Waals surface area (Å²) in [6.07, 6.45) is 47.4. The highest BCUT2D eigenvalue weighted by Crippen LogP contribution is 2.30. The zero-order chi connectivity index (χ0) is 55.3. The van der Waals surface area contributed by atoms with E-state index in [2.05, 4.69) is 104 Å². The van der Waals surface area contributed by atoms with Crippen molar-refractivity contribution in [2.24, 2.45) is 0 Å². The van der Waals surface area contributed by atoms with Crippen LogP contribution in [0, 0.1) is 0 Å². The molecule has 76 heavy (non-hydrogen) atoms. The first kappa shape index (κ1) is 69.0. The van der Waals surface area contributed by atoms with E-state index in [1.54, 1.807) is 6.08 Å². The van der Waals surface area contributed by atoms with Crippen LogP contribution >= 0.6 is 0 Å². The Kier molecular flexibility index (Phi) is 42.5. The lowest BCUT2D eigenvalue weighted by molar-refractivity contribution is -0.359. The fourth-order valence-corrected chi connectivity index (χ4v) is 9.00. The Morgan fingerprint density at radius 3 is 1.45 bits per heavy atom. The molecule has 0 aromatic carbocycles. The molecule has 12 atom stereocenters. The number of amides is 1. The number of ether oxygens (including phenoxy) is 4. The molecule has 436 valence electrons. The molecule has 0 aliphatic carbocycles. The van der Waals surface area contributed by atoms with Crippen LogP contribution in [0.4, 0.5) is 0 Å². The second-order valence-electron chi connectivity index (χ2n) is 20.4. The third-order valence-electron chi connectivity index (χ3n) is 13.7. The topological polar surface area (TPSA) is 228 Å². The van der Waals surface area contributed by atoms with Gasteiger partial charge in [-0.15, -0.1) is 0 Å². The Morgan fingerprint density at radius 1 is 0.487 bits per heavy atom. The number of rotatable bonds is 45. The van der Waals surface area contributed by atoms with Crippen molar-refractivity contribution in [3.05, 3.63) is 97.2 Å². The number of aliphatic hydroxyl groups excluding tert-OH is 8. The van der Waals surface area contributed by atoms with Crippen molar-refractivity contribution in [3.63, 3.8) is 0 Å². The Morgan fingerprint density at radius 2 is 0.921 bits per heavy atom. The van der Waals surface area contributed by atoms with Crippen LogP contribution in [0.25, 0.3) is 0 Å². The quantitative estimate of drug-likeness (QED) is 0.0205. The molecular formula is C62H105NO13. The van der Waals surface area contributed by atoms with E-state index in [4.69, 9.17) is 18.9 Å². The highest BCUT2D eigenvalue weighted by atomic mass is 16.7. The number of nitrogens with one attached hydrogen (secondary N) is 1. The van der Waals surface area contributed by atoms with Gasteiger partial charge < -0.3 is 65.1 Å². The summed E-state index contributed by atoms with van der Waals surface area (Å²) in [6, 6.07) is -0.943. The summed E-state index contributed by atoms with van der Waals surface area (Å²) in [5, 5.41) is 86.9. The highest BCUT2D eigenvalue weighted by molar-refractivity contribution is 5.76. The molecule has 2 aliphatic rings. The maximum absolute atomic E-state index is 13.2. The SMILES string of the molecule is CC/C=C\C/C=C\C/C=C\C/C=C\C/C=C\CCCCCCCCCCCCCCCC(=O)NC(COC1OC(CO)C(OC2OC(CO)C(O)C(O)C2O)C(O)C1O)C(O)/C=C/CC/C=C/CC/C=C/CCCCC. The van der Waals surface area contributed by atoms with Crippen molar-refractivity contribution >= 4 is 5.91 Å². The monoisotopic (exact) mass is 1070 g/mol. The summed E-state index contributed by atoms with van der Waals surface area (Å²) in [5.41, 5.74) is 0. The van der Waals surface area contributed by atoms with Crippen molar-refractivity contribution in [2.75, 3.05) is 19.8 Å². The minimum Gasteiger partial charge on any atom is -0.394 e. The average molecular weight is 1070 g/mol. The van der Waals surface area contributed by atoms with E-state index < -0.39 is 86.8 Å². The van der Waals surface area contributed by atoms with Gasteiger partial charge in [-0.2, -0.15) is 0 Å². The van der Waals surface area contributed by atoms with Crippen LogP contribution < -0.4 is 5.32 Å². The summed E-state index contributed by atoms with van der Waals surface area (Å²) in [5.74, 6) is -0.260. The molecule has 2 rings (SSSR count). The van der Waals surface area contributed by atoms with Gasteiger partial charge >= 0.3 is 0 Å². The number of carbonyl (C=O) groups is 1. The molecule has 0 saturated carbocycles. The Hall–Kier alpha value is -3.09. The molecule has 0 radical (unpaired) electrons. The summed E-state index contributed by atoms with van der Waals surface area (Å²) < 4.78 is 22.7. The van der Waals surface area contributed by atoms with Crippen LogP contribution in [0.1, 0.15) is 194 Å². The van der Waals surface area contributed by atoms with Crippen molar-refractivity contribution < 1.29 is 64.6 Å². The number of allylic oxidation sites excluding steroid dienone is 15. The predicted molar refractivity (Wildman–Crippen MR) is 304 cm³/mol. The van der Waals surface area contributed by atoms with Crippen molar-refractivity contribution in [3.8, 4) is 0 Å². The number of carbonyl (C=O) groups excluding carboxylic acids is 1. The van der Waals surface area contributed by atoms with Crippen LogP contribution in [-0.2, 0) is 23.7 Å². The van der Waals surface area contributed by atoms with Gasteiger partial charge in [0.25, 0.3) is 0 Å². The van der Waals surface area contributed by atoms with E-state index in [0.717, 1.165) is 83.5 Å². The molecule has 0 aromatic rings. The predicted octanol–water partition coefficient (Wildman–Crippen LogP) is 9.89. The van der Waals surface area contributed by atoms with Crippen LogP contribution in [0.15, 0.2) is 97.2 Å². The lowest BCUT2D eigenvalue weighted by Crippen LogP contribution is -2.65. The maximum Gasteiger partial charge on any atom is 0.220 e. The van der Waals surface area contributed by atoms with E-state index in [9.17, 15) is 45.6 Å². The number of aliphatic hydroxyl groups is 8. The van der Waals surface area contributed by atoms with Gasteiger partial charge in [-0.25, -0.2) is 0 Å². The second kappa shape index (κ2) is 46.8. The average Bonchev–Trinajstić information content (AvgIpc) is 3.42. The molecule has 2 saturated heterocycles. The van der Waals surface area contributed by atoms with E-state index >= 15 is 0 Å². The summed E-state index contributed by atoms with van der Waals surface area (Å²) in [4.78, 5) is 13.2. The molecule has 0 spiro atoms. The largest absolute Gasteiger partial charge is 0.394 e. The molecule has 12 unspecified atom stereocenters. The molecule has 2 fully saturated rings. The summed E-state index contributed by atoms with van der Waals surface area (Å²) >= 11 is 0. The first-order valence-electron chi connectivity index (χ1n) is 29.5. The highest BCUT2D eigenvalue weighted by Gasteiger charge is 2.51. The number of hydrogen-bond donors (Lipinski definition) is 9. The smallest absolute Gasteiger partial charge is 0.220 e. The maximum atomic E-state index is 13.2. The van der Waals surface area contributed by atoms with Crippen molar-refractivity contribution in [1.82, 2.24) is 5.32 Å². The fraction of sp³-hybridized carbons (Fsp3) is 0.726.